The van der Waals surface area contributed by atoms with Gasteiger partial charge in [-0.3, -0.25) is 14.0 Å². The molecule has 0 atom stereocenters. The lowest BCUT2D eigenvalue weighted by Crippen LogP contribution is -2.19. The van der Waals surface area contributed by atoms with E-state index in [1.54, 1.807) is 4.68 Å². The summed E-state index contributed by atoms with van der Waals surface area (Å²) in [5.74, 6) is 0.740. The molecule has 3 heterocycles. The first-order chi connectivity index (χ1) is 20.2. The number of nitrogens with zero attached hydrogens (tertiary/aromatic N) is 5. The van der Waals surface area contributed by atoms with Gasteiger partial charge in [0.05, 0.1) is 34.2 Å². The monoisotopic (exact) mass is 672 g/mol. The summed E-state index contributed by atoms with van der Waals surface area (Å²) in [4.78, 5) is 27.4. The van der Waals surface area contributed by atoms with Crippen LogP contribution in [0.4, 0.5) is 5.00 Å². The summed E-state index contributed by atoms with van der Waals surface area (Å²) in [7, 11) is 1.87. The van der Waals surface area contributed by atoms with Crippen molar-refractivity contribution in [3.8, 4) is 23.0 Å². The summed E-state index contributed by atoms with van der Waals surface area (Å²) >= 11 is 6.39. The zero-order valence-corrected chi connectivity index (χ0v) is 27.4. The first kappa shape index (κ1) is 30.3. The number of esters is 1. The van der Waals surface area contributed by atoms with Gasteiger partial charge in [-0.2, -0.15) is 5.10 Å². The predicted octanol–water partition coefficient (Wildman–Crippen LogP) is 6.37. The number of halogens is 1. The number of hydrogen-bond donors (Lipinski definition) is 1. The third kappa shape index (κ3) is 6.28. The van der Waals surface area contributed by atoms with Crippen LogP contribution in [0.1, 0.15) is 60.1 Å². The maximum atomic E-state index is 13.3. The number of aryl methyl sites for hydroxylation is 2. The van der Waals surface area contributed by atoms with Gasteiger partial charge in [-0.1, -0.05) is 11.8 Å². The Labute approximate surface area is 261 Å². The quantitative estimate of drug-likeness (QED) is 0.153. The number of nitrogens with one attached hydrogen (secondary N) is 1. The van der Waals surface area contributed by atoms with Crippen LogP contribution in [0.2, 0.25) is 0 Å². The summed E-state index contributed by atoms with van der Waals surface area (Å²) < 4.78 is 15.6. The van der Waals surface area contributed by atoms with Crippen molar-refractivity contribution in [2.24, 2.45) is 7.05 Å². The molecule has 0 saturated carbocycles. The molecule has 0 aliphatic heterocycles. The lowest BCUT2D eigenvalue weighted by molar-refractivity contribution is -0.113. The van der Waals surface area contributed by atoms with Crippen LogP contribution in [-0.2, 0) is 29.4 Å². The Hall–Kier alpha value is -3.16. The van der Waals surface area contributed by atoms with E-state index in [1.807, 2.05) is 63.6 Å². The molecule has 222 valence electrons. The highest BCUT2D eigenvalue weighted by Gasteiger charge is 2.28. The molecule has 0 spiro atoms. The summed E-state index contributed by atoms with van der Waals surface area (Å²) in [6, 6.07) is 7.63. The highest BCUT2D eigenvalue weighted by molar-refractivity contribution is 9.10. The Morgan fingerprint density at radius 3 is 2.57 bits per heavy atom. The van der Waals surface area contributed by atoms with E-state index in [4.69, 9.17) is 9.47 Å². The molecule has 5 rings (SSSR count). The fraction of sp³-hybridized carbons (Fsp3) is 0.414. The van der Waals surface area contributed by atoms with Gasteiger partial charge < -0.3 is 14.8 Å². The number of aromatic nitrogens is 5. The molecule has 10 nitrogen and oxygen atoms in total. The number of carbonyl (C=O) groups is 2. The molecule has 1 aliphatic carbocycles. The number of thioether (sulfide) groups is 1. The molecule has 13 heteroatoms. The largest absolute Gasteiger partial charge is 0.494 e. The smallest absolute Gasteiger partial charge is 0.341 e. The number of fused-ring (bicyclic) bond motifs is 1. The SMILES string of the molecule is CCOc1ccc(-n2c(SCC(=O)Nc3sc4c(c3C(=O)OC(C)C)CCCC4)nnc2-c2nn(C)c(C)c2Br)cc1. The number of carbonyl (C=O) groups excluding carboxylic acids is 2. The van der Waals surface area contributed by atoms with Gasteiger partial charge in [-0.15, -0.1) is 21.5 Å². The molecule has 1 aromatic carbocycles. The van der Waals surface area contributed by atoms with E-state index >= 15 is 0 Å². The van der Waals surface area contributed by atoms with Crippen molar-refractivity contribution < 1.29 is 19.1 Å². The molecule has 1 aliphatic rings. The molecule has 0 unspecified atom stereocenters. The van der Waals surface area contributed by atoms with E-state index in [0.717, 1.165) is 57.7 Å². The molecular weight excluding hydrogens is 640 g/mol. The van der Waals surface area contributed by atoms with Crippen molar-refractivity contribution in [1.29, 1.82) is 0 Å². The molecular formula is C29H33BrN6O4S2. The zero-order chi connectivity index (χ0) is 30.0. The van der Waals surface area contributed by atoms with Crippen molar-refractivity contribution in [3.63, 3.8) is 0 Å². The predicted molar refractivity (Wildman–Crippen MR) is 168 cm³/mol. The van der Waals surface area contributed by atoms with Gasteiger partial charge in [0, 0.05) is 17.6 Å². The van der Waals surface area contributed by atoms with Crippen molar-refractivity contribution in [2.75, 3.05) is 17.7 Å². The number of hydrogen-bond acceptors (Lipinski definition) is 9. The minimum atomic E-state index is -0.386. The number of anilines is 1. The van der Waals surface area contributed by atoms with E-state index < -0.39 is 0 Å². The normalized spacial score (nSPS) is 12.8. The van der Waals surface area contributed by atoms with Crippen LogP contribution in [0, 0.1) is 6.92 Å². The van der Waals surface area contributed by atoms with Gasteiger partial charge in [0.2, 0.25) is 5.91 Å². The standard InChI is InChI=1S/C29H33BrN6O4S2/c1-6-39-19-13-11-18(12-14-19)36-26(25-24(30)17(4)35(5)34-25)32-33-29(36)41-15-22(37)31-27-23(28(38)40-16(2)3)20-9-7-8-10-21(20)42-27/h11-14,16H,6-10,15H2,1-5H3,(H,31,37). The van der Waals surface area contributed by atoms with Gasteiger partial charge in [0.1, 0.15) is 16.4 Å². The molecule has 1 N–H and O–H groups in total. The number of amides is 1. The van der Waals surface area contributed by atoms with Crippen molar-refractivity contribution in [2.45, 2.75) is 64.6 Å². The fourth-order valence-electron chi connectivity index (χ4n) is 4.77. The second-order valence-corrected chi connectivity index (χ2v) is 13.0. The van der Waals surface area contributed by atoms with Gasteiger partial charge in [0.25, 0.3) is 0 Å². The minimum Gasteiger partial charge on any atom is -0.494 e. The zero-order valence-electron chi connectivity index (χ0n) is 24.2. The maximum absolute atomic E-state index is 13.3. The Bertz CT molecular complexity index is 1610. The lowest BCUT2D eigenvalue weighted by Gasteiger charge is -2.14. The number of benzene rings is 1. The second kappa shape index (κ2) is 13.0. The van der Waals surface area contributed by atoms with Crippen LogP contribution >= 0.6 is 39.0 Å². The second-order valence-electron chi connectivity index (χ2n) is 10.1. The van der Waals surface area contributed by atoms with Crippen LogP contribution in [0.15, 0.2) is 33.9 Å². The number of thiophene rings is 1. The molecule has 42 heavy (non-hydrogen) atoms. The third-order valence-electron chi connectivity index (χ3n) is 6.82. The Morgan fingerprint density at radius 1 is 1.17 bits per heavy atom. The third-order valence-corrected chi connectivity index (χ3v) is 9.90. The van der Waals surface area contributed by atoms with Crippen LogP contribution in [0.25, 0.3) is 17.2 Å². The van der Waals surface area contributed by atoms with Crippen molar-refractivity contribution in [1.82, 2.24) is 24.5 Å². The lowest BCUT2D eigenvalue weighted by atomic mass is 9.95. The van der Waals surface area contributed by atoms with Crippen LogP contribution < -0.4 is 10.1 Å². The highest BCUT2D eigenvalue weighted by Crippen LogP contribution is 2.39. The molecule has 0 bridgehead atoms. The van der Waals surface area contributed by atoms with E-state index in [9.17, 15) is 9.59 Å². The average Bonchev–Trinajstić information content (AvgIpc) is 3.62. The summed E-state index contributed by atoms with van der Waals surface area (Å²) in [5.41, 5.74) is 3.91. The molecule has 0 fully saturated rings. The van der Waals surface area contributed by atoms with Crippen molar-refractivity contribution >= 4 is 55.9 Å². The first-order valence-electron chi connectivity index (χ1n) is 13.8. The molecule has 1 amide bonds. The summed E-state index contributed by atoms with van der Waals surface area (Å²) in [5, 5.41) is 17.6. The van der Waals surface area contributed by atoms with Gasteiger partial charge >= 0.3 is 5.97 Å². The maximum Gasteiger partial charge on any atom is 0.341 e. The van der Waals surface area contributed by atoms with E-state index in [2.05, 4.69) is 36.5 Å². The molecule has 0 radical (unpaired) electrons. The molecule has 4 aromatic rings. The topological polar surface area (TPSA) is 113 Å². The van der Waals surface area contributed by atoms with E-state index in [0.29, 0.717) is 33.8 Å². The minimum absolute atomic E-state index is 0.0683. The molecule has 3 aromatic heterocycles. The highest BCUT2D eigenvalue weighted by atomic mass is 79.9. The van der Waals surface area contributed by atoms with E-state index in [-0.39, 0.29) is 23.7 Å². The first-order valence-corrected chi connectivity index (χ1v) is 16.4. The average molecular weight is 674 g/mol. The van der Waals surface area contributed by atoms with E-state index in [1.165, 1.54) is 23.1 Å². The Morgan fingerprint density at radius 2 is 1.90 bits per heavy atom. The Kier molecular flexibility index (Phi) is 9.38. The van der Waals surface area contributed by atoms with Crippen molar-refractivity contribution in [3.05, 3.63) is 50.4 Å². The van der Waals surface area contributed by atoms with Gasteiger partial charge in [-0.05, 0) is 99.1 Å². The number of ether oxygens (including phenoxy) is 2. The van der Waals surface area contributed by atoms with Crippen LogP contribution in [-0.4, -0.2) is 54.9 Å². The molecule has 0 saturated heterocycles. The van der Waals surface area contributed by atoms with Gasteiger partial charge in [0.15, 0.2) is 11.0 Å². The van der Waals surface area contributed by atoms with Gasteiger partial charge in [-0.25, -0.2) is 4.79 Å². The summed E-state index contributed by atoms with van der Waals surface area (Å²) in [6.45, 7) is 8.12. The fourth-order valence-corrected chi connectivity index (χ4v) is 7.33. The summed E-state index contributed by atoms with van der Waals surface area (Å²) in [6.07, 6.45) is 3.57. The number of rotatable bonds is 10. The van der Waals surface area contributed by atoms with Crippen LogP contribution in [0.5, 0.6) is 5.75 Å². The van der Waals surface area contributed by atoms with Crippen LogP contribution in [0.3, 0.4) is 0 Å². The Balaban J connectivity index is 1.42.